The fourth-order valence-electron chi connectivity index (χ4n) is 1.27. The van der Waals surface area contributed by atoms with Crippen LogP contribution in [0.2, 0.25) is 0 Å². The van der Waals surface area contributed by atoms with Crippen molar-refractivity contribution >= 4 is 11.8 Å². The summed E-state index contributed by atoms with van der Waals surface area (Å²) in [5.41, 5.74) is 1.35. The van der Waals surface area contributed by atoms with E-state index in [1.807, 2.05) is 0 Å². The molecule has 1 rings (SSSR count). The summed E-state index contributed by atoms with van der Waals surface area (Å²) in [6.07, 6.45) is 0. The average molecular weight is 222 g/mol. The van der Waals surface area contributed by atoms with Crippen molar-refractivity contribution in [3.05, 3.63) is 22.8 Å². The third-order valence-corrected chi connectivity index (χ3v) is 2.13. The summed E-state index contributed by atoms with van der Waals surface area (Å²) in [4.78, 5) is 31.0. The largest absolute Gasteiger partial charge is 0.354 e. The number of rotatable bonds is 2. The lowest BCUT2D eigenvalue weighted by Gasteiger charge is -2.08. The summed E-state index contributed by atoms with van der Waals surface area (Å²) in [6.45, 7) is 3.28. The van der Waals surface area contributed by atoms with Crippen LogP contribution in [0.5, 0.6) is 0 Å². The van der Waals surface area contributed by atoms with Crippen LogP contribution in [0.25, 0.3) is 0 Å². The van der Waals surface area contributed by atoms with Crippen LogP contribution in [0.4, 0.5) is 0 Å². The van der Waals surface area contributed by atoms with E-state index in [0.29, 0.717) is 11.4 Å². The predicted molar refractivity (Wildman–Crippen MR) is 58.3 cm³/mol. The molecule has 1 aromatic heterocycles. The van der Waals surface area contributed by atoms with Crippen LogP contribution in [0.3, 0.4) is 0 Å². The van der Waals surface area contributed by atoms with Gasteiger partial charge in [-0.3, -0.25) is 9.59 Å². The average Bonchev–Trinajstić information content (AvgIpc) is 2.29. The molecule has 6 heteroatoms. The van der Waals surface area contributed by atoms with Crippen LogP contribution in [0, 0.1) is 13.8 Å². The maximum Gasteiger partial charge on any atom is 0.271 e. The molecule has 2 N–H and O–H groups in total. The molecule has 0 saturated carbocycles. The van der Waals surface area contributed by atoms with E-state index in [0.717, 1.165) is 0 Å². The lowest BCUT2D eigenvalue weighted by atomic mass is 10.2. The van der Waals surface area contributed by atoms with E-state index in [1.165, 1.54) is 14.1 Å². The van der Waals surface area contributed by atoms with E-state index in [4.69, 9.17) is 0 Å². The lowest BCUT2D eigenvalue weighted by molar-refractivity contribution is 0.0941. The van der Waals surface area contributed by atoms with Crippen molar-refractivity contribution in [3.8, 4) is 0 Å². The van der Waals surface area contributed by atoms with Gasteiger partial charge in [0.15, 0.2) is 0 Å². The summed E-state index contributed by atoms with van der Waals surface area (Å²) >= 11 is 0. The van der Waals surface area contributed by atoms with Gasteiger partial charge in [0.1, 0.15) is 11.4 Å². The second-order valence-corrected chi connectivity index (χ2v) is 3.25. The summed E-state index contributed by atoms with van der Waals surface area (Å²) < 4.78 is 0. The van der Waals surface area contributed by atoms with Gasteiger partial charge in [0, 0.05) is 14.1 Å². The highest BCUT2D eigenvalue weighted by Crippen LogP contribution is 2.07. The third-order valence-electron chi connectivity index (χ3n) is 2.13. The first-order valence-corrected chi connectivity index (χ1v) is 4.80. The standard InChI is InChI=1S/C10H14N4O2/c1-5-7(9(15)11-3)14-6(2)8(13-5)10(16)12-4/h1-4H3,(H,11,15)(H,12,16). The molecule has 86 valence electrons. The molecular formula is C10H14N4O2. The first kappa shape index (κ1) is 12.1. The fourth-order valence-corrected chi connectivity index (χ4v) is 1.27. The van der Waals surface area contributed by atoms with Crippen molar-refractivity contribution in [2.24, 2.45) is 0 Å². The molecule has 1 aromatic rings. The molecule has 2 amide bonds. The zero-order chi connectivity index (χ0) is 12.3. The van der Waals surface area contributed by atoms with E-state index in [-0.39, 0.29) is 23.2 Å². The Balaban J connectivity index is 3.27. The zero-order valence-electron chi connectivity index (χ0n) is 9.71. The normalized spacial score (nSPS) is 9.75. The molecule has 0 fully saturated rings. The Labute approximate surface area is 93.5 Å². The number of hydrogen-bond donors (Lipinski definition) is 2. The van der Waals surface area contributed by atoms with Crippen LogP contribution >= 0.6 is 0 Å². The molecule has 0 atom stereocenters. The quantitative estimate of drug-likeness (QED) is 0.726. The Kier molecular flexibility index (Phi) is 3.55. The molecule has 6 nitrogen and oxygen atoms in total. The fraction of sp³-hybridized carbons (Fsp3) is 0.400. The van der Waals surface area contributed by atoms with E-state index < -0.39 is 0 Å². The molecule has 16 heavy (non-hydrogen) atoms. The van der Waals surface area contributed by atoms with Crippen LogP contribution in [-0.2, 0) is 0 Å². The smallest absolute Gasteiger partial charge is 0.271 e. The van der Waals surface area contributed by atoms with Gasteiger partial charge < -0.3 is 10.6 Å². The van der Waals surface area contributed by atoms with Gasteiger partial charge in [-0.15, -0.1) is 0 Å². The molecule has 0 bridgehead atoms. The van der Waals surface area contributed by atoms with E-state index in [1.54, 1.807) is 13.8 Å². The minimum atomic E-state index is -0.309. The maximum absolute atomic E-state index is 11.4. The van der Waals surface area contributed by atoms with Gasteiger partial charge in [0.05, 0.1) is 11.4 Å². The molecule has 1 heterocycles. The van der Waals surface area contributed by atoms with Crippen molar-refractivity contribution in [2.75, 3.05) is 14.1 Å². The van der Waals surface area contributed by atoms with Crippen LogP contribution in [-0.4, -0.2) is 35.9 Å². The molecule has 0 aliphatic heterocycles. The van der Waals surface area contributed by atoms with Gasteiger partial charge in [-0.05, 0) is 13.8 Å². The van der Waals surface area contributed by atoms with E-state index in [9.17, 15) is 9.59 Å². The first-order valence-electron chi connectivity index (χ1n) is 4.80. The van der Waals surface area contributed by atoms with Crippen molar-refractivity contribution < 1.29 is 9.59 Å². The topological polar surface area (TPSA) is 84.0 Å². The maximum atomic E-state index is 11.4. The molecule has 0 spiro atoms. The lowest BCUT2D eigenvalue weighted by Crippen LogP contribution is -2.26. The second kappa shape index (κ2) is 4.69. The molecule has 0 radical (unpaired) electrons. The minimum absolute atomic E-state index is 0.243. The number of carbonyl (C=O) groups is 2. The second-order valence-electron chi connectivity index (χ2n) is 3.25. The van der Waals surface area contributed by atoms with Crippen LogP contribution in [0.15, 0.2) is 0 Å². The summed E-state index contributed by atoms with van der Waals surface area (Å²) in [6, 6.07) is 0. The Hall–Kier alpha value is -1.98. The van der Waals surface area contributed by atoms with Gasteiger partial charge in [0.2, 0.25) is 0 Å². The van der Waals surface area contributed by atoms with Gasteiger partial charge >= 0.3 is 0 Å². The van der Waals surface area contributed by atoms with Crippen LogP contribution in [0.1, 0.15) is 32.4 Å². The highest BCUT2D eigenvalue weighted by molar-refractivity contribution is 5.96. The number of nitrogens with one attached hydrogen (secondary N) is 2. The highest BCUT2D eigenvalue weighted by atomic mass is 16.2. The molecule has 0 aliphatic rings. The Morgan fingerprint density at radius 3 is 1.44 bits per heavy atom. The third kappa shape index (κ3) is 2.16. The summed E-state index contributed by atoms with van der Waals surface area (Å²) in [5, 5.41) is 4.94. The molecule has 0 unspecified atom stereocenters. The van der Waals surface area contributed by atoms with Crippen LogP contribution < -0.4 is 10.6 Å². The van der Waals surface area contributed by atoms with Gasteiger partial charge in [0.25, 0.3) is 11.8 Å². The van der Waals surface area contributed by atoms with Crippen molar-refractivity contribution in [3.63, 3.8) is 0 Å². The Bertz CT molecular complexity index is 401. The number of aromatic nitrogens is 2. The van der Waals surface area contributed by atoms with Crippen molar-refractivity contribution in [1.82, 2.24) is 20.6 Å². The van der Waals surface area contributed by atoms with Gasteiger partial charge in [-0.25, -0.2) is 9.97 Å². The zero-order valence-corrected chi connectivity index (χ0v) is 9.71. The molecule has 0 aliphatic carbocycles. The summed E-state index contributed by atoms with van der Waals surface area (Å²) in [7, 11) is 3.04. The minimum Gasteiger partial charge on any atom is -0.354 e. The van der Waals surface area contributed by atoms with Crippen molar-refractivity contribution in [2.45, 2.75) is 13.8 Å². The number of amides is 2. The molecular weight excluding hydrogens is 208 g/mol. The highest BCUT2D eigenvalue weighted by Gasteiger charge is 2.17. The van der Waals surface area contributed by atoms with Gasteiger partial charge in [-0.1, -0.05) is 0 Å². The monoisotopic (exact) mass is 222 g/mol. The Morgan fingerprint density at radius 1 is 0.875 bits per heavy atom. The summed E-state index contributed by atoms with van der Waals surface area (Å²) in [5.74, 6) is -0.617. The number of nitrogens with zero attached hydrogens (tertiary/aromatic N) is 2. The number of carbonyl (C=O) groups excluding carboxylic acids is 2. The van der Waals surface area contributed by atoms with Crippen molar-refractivity contribution in [1.29, 1.82) is 0 Å². The predicted octanol–water partition coefficient (Wildman–Crippen LogP) is -0.187. The number of hydrogen-bond acceptors (Lipinski definition) is 4. The van der Waals surface area contributed by atoms with E-state index in [2.05, 4.69) is 20.6 Å². The number of aryl methyl sites for hydroxylation is 2. The molecule has 0 aromatic carbocycles. The Morgan fingerprint density at radius 2 is 1.19 bits per heavy atom. The van der Waals surface area contributed by atoms with E-state index >= 15 is 0 Å². The SMILES string of the molecule is CNC(=O)c1nc(C)c(C(=O)NC)nc1C. The molecule has 0 saturated heterocycles. The first-order chi connectivity index (χ1) is 7.51. The van der Waals surface area contributed by atoms with Gasteiger partial charge in [-0.2, -0.15) is 0 Å².